The largest absolute Gasteiger partial charge is 0.394 e. The number of hydrogen-bond acceptors (Lipinski definition) is 37. The van der Waals surface area contributed by atoms with Crippen LogP contribution in [0.3, 0.4) is 0 Å². The fourth-order valence-electron chi connectivity index (χ4n) is 12.3. The average Bonchev–Trinajstić information content (AvgIpc) is 0.773. The number of hydrogen-bond donors (Lipinski definition) is 19. The summed E-state index contributed by atoms with van der Waals surface area (Å²) in [5.41, 5.74) is 10.1. The highest BCUT2D eigenvalue weighted by Crippen LogP contribution is 2.41. The number of rotatable bonds is 11. The van der Waals surface area contributed by atoms with Crippen LogP contribution >= 0.6 is 0 Å². The maximum absolute atomic E-state index is 14.6. The van der Waals surface area contributed by atoms with Gasteiger partial charge in [-0.1, -0.05) is 41.5 Å². The van der Waals surface area contributed by atoms with E-state index in [1.807, 2.05) is 0 Å². The minimum atomic E-state index is -5.17. The lowest BCUT2D eigenvalue weighted by molar-refractivity contribution is -0.396. The van der Waals surface area contributed by atoms with Gasteiger partial charge in [-0.3, -0.25) is 4.18 Å². The first-order chi connectivity index (χ1) is 44.0. The number of ether oxygens (including phenoxy) is 14. The van der Waals surface area contributed by atoms with Crippen LogP contribution in [0, 0.1) is 0 Å². The SMILES string of the molecule is [N-]=[N+]=N[C@H]1[C@H](OS(=O)(=O)c2cccc3ccccc23)[C@H]2O[C@H]3[C@H](O)[C@@H](O)[C@@H](O[C@H]4[C@H](O)[C@@H](O)[C@@H](O[C@H]5[C@H](O)[C@@H](O)[C@@H](O[C@H]6[C@H](O)[C@@H](O)[C@@H](O[C@H]7[C@H](O)[C@@H](O)[C@@H](O[C@H]8[C@H](O)[C@@H](O)[C@@H](O[C@@H]1[C@@H](CO)O2)O[C@@H]8CO)O[C@@H]7CO)O[C@@H]6CO)O[C@@H]5CO)O[C@@H]4CO)O[C@@H]3CO. The van der Waals surface area contributed by atoms with Gasteiger partial charge in [0.05, 0.1) is 52.3 Å². The number of nitrogens with zero attached hydrogens (tertiary/aromatic N) is 3. The van der Waals surface area contributed by atoms with Crippen molar-refractivity contribution in [2.75, 3.05) is 46.2 Å². The van der Waals surface area contributed by atoms with Crippen LogP contribution in [0.15, 0.2) is 52.5 Å². The Morgan fingerprint density at radius 3 is 0.924 bits per heavy atom. The van der Waals surface area contributed by atoms with Gasteiger partial charge in [0.25, 0.3) is 10.1 Å². The summed E-state index contributed by atoms with van der Waals surface area (Å²) < 4.78 is 117. The highest BCUT2D eigenvalue weighted by Gasteiger charge is 2.60. The molecule has 35 atom stereocenters. The molecule has 0 amide bonds. The van der Waals surface area contributed by atoms with Crippen LogP contribution in [0.1, 0.15) is 0 Å². The fourth-order valence-corrected chi connectivity index (χ4v) is 13.6. The summed E-state index contributed by atoms with van der Waals surface area (Å²) in [5.74, 6) is 0. The summed E-state index contributed by atoms with van der Waals surface area (Å²) in [6, 6.07) is 7.99. The van der Waals surface area contributed by atoms with Gasteiger partial charge in [-0.15, -0.1) is 0 Å². The Hall–Kier alpha value is -3.40. The van der Waals surface area contributed by atoms with E-state index in [9.17, 15) is 111 Å². The van der Waals surface area contributed by atoms with Gasteiger partial charge in [0, 0.05) is 10.3 Å². The van der Waals surface area contributed by atoms with Crippen LogP contribution in [-0.2, 0) is 80.6 Å². The van der Waals surface area contributed by atoms with Crippen molar-refractivity contribution in [3.8, 4) is 0 Å². The highest BCUT2D eigenvalue weighted by molar-refractivity contribution is 7.87. The second-order valence-electron chi connectivity index (χ2n) is 22.9. The molecule has 21 fully saturated rings. The van der Waals surface area contributed by atoms with Crippen LogP contribution in [0.2, 0.25) is 0 Å². The van der Waals surface area contributed by atoms with Crippen molar-refractivity contribution < 1.29 is 176 Å². The van der Waals surface area contributed by atoms with Crippen LogP contribution < -0.4 is 0 Å². The van der Waals surface area contributed by atoms with Gasteiger partial charge in [-0.2, -0.15) is 8.42 Å². The molecule has 0 saturated carbocycles. The van der Waals surface area contributed by atoms with E-state index in [2.05, 4.69) is 10.0 Å². The molecule has 0 spiro atoms. The maximum Gasteiger partial charge on any atom is 0.298 e. The third-order valence-corrected chi connectivity index (χ3v) is 18.6. The van der Waals surface area contributed by atoms with E-state index in [4.69, 9.17) is 70.5 Å². The quantitative estimate of drug-likeness (QED) is 0.0430. The molecule has 2 aromatic carbocycles. The van der Waals surface area contributed by atoms with Gasteiger partial charge < -0.3 is 163 Å². The lowest BCUT2D eigenvalue weighted by Crippen LogP contribution is -2.68. The number of fused-ring (bicyclic) bond motifs is 1. The van der Waals surface area contributed by atoms with Crippen molar-refractivity contribution in [3.05, 3.63) is 52.9 Å². The molecule has 39 nitrogen and oxygen atoms in total. The molecule has 0 unspecified atom stereocenters. The smallest absolute Gasteiger partial charge is 0.298 e. The predicted molar refractivity (Wildman–Crippen MR) is 285 cm³/mol. The average molecular weight is 1350 g/mol. The second kappa shape index (κ2) is 30.2. The fraction of sp³-hybridized carbons (Fsp3) is 0.808. The topological polar surface area (TPSA) is 606 Å². The van der Waals surface area contributed by atoms with E-state index in [1.165, 1.54) is 18.2 Å². The van der Waals surface area contributed by atoms with E-state index >= 15 is 0 Å². The molecular formula is C52H75N3O36S. The Labute approximate surface area is 519 Å². The van der Waals surface area contributed by atoms with Gasteiger partial charge in [0.1, 0.15) is 170 Å². The van der Waals surface area contributed by atoms with Gasteiger partial charge in [0.15, 0.2) is 44.0 Å². The Kier molecular flexibility index (Phi) is 23.4. The minimum Gasteiger partial charge on any atom is -0.394 e. The summed E-state index contributed by atoms with van der Waals surface area (Å²) in [6.45, 7) is -7.86. The number of benzene rings is 2. The molecule has 0 radical (unpaired) electrons. The second-order valence-corrected chi connectivity index (χ2v) is 24.4. The van der Waals surface area contributed by atoms with Crippen molar-refractivity contribution in [2.24, 2.45) is 5.11 Å². The monoisotopic (exact) mass is 1350 g/mol. The first-order valence-corrected chi connectivity index (χ1v) is 30.4. The van der Waals surface area contributed by atoms with Gasteiger partial charge in [0.2, 0.25) is 0 Å². The third kappa shape index (κ3) is 13.9. The summed E-state index contributed by atoms with van der Waals surface area (Å²) in [7, 11) is -5.17. The van der Waals surface area contributed by atoms with E-state index in [0.29, 0.717) is 5.39 Å². The molecule has 21 saturated heterocycles. The number of aliphatic hydroxyl groups is 19. The lowest BCUT2D eigenvalue weighted by Gasteiger charge is -2.50. The van der Waals surface area contributed by atoms with Crippen LogP contribution in [0.5, 0.6) is 0 Å². The molecule has 92 heavy (non-hydrogen) atoms. The molecule has 23 rings (SSSR count). The van der Waals surface area contributed by atoms with E-state index in [1.54, 1.807) is 18.2 Å². The number of aliphatic hydroxyl groups excluding tert-OH is 19. The van der Waals surface area contributed by atoms with E-state index in [0.717, 1.165) is 6.07 Å². The van der Waals surface area contributed by atoms with Crippen molar-refractivity contribution in [1.29, 1.82) is 0 Å². The van der Waals surface area contributed by atoms with Crippen LogP contribution in [-0.4, -0.2) is 367 Å². The molecule has 2 aromatic rings. The molecule has 21 aliphatic rings. The molecule has 0 aliphatic carbocycles. The zero-order chi connectivity index (χ0) is 66.4. The minimum absolute atomic E-state index is 0.0925. The van der Waals surface area contributed by atoms with Crippen LogP contribution in [0.4, 0.5) is 0 Å². The summed E-state index contributed by atoms with van der Waals surface area (Å²) in [4.78, 5) is 2.33. The Bertz CT molecular complexity index is 2880. The van der Waals surface area contributed by atoms with Gasteiger partial charge in [-0.05, 0) is 17.0 Å². The summed E-state index contributed by atoms with van der Waals surface area (Å²) in [6.07, 6.45) is -71.6. The van der Waals surface area contributed by atoms with Crippen molar-refractivity contribution >= 4 is 20.9 Å². The molecule has 0 aromatic heterocycles. The molecule has 21 heterocycles. The zero-order valence-corrected chi connectivity index (χ0v) is 48.7. The molecule has 40 heteroatoms. The lowest BCUT2D eigenvalue weighted by atomic mass is 9.94. The van der Waals surface area contributed by atoms with Crippen LogP contribution in [0.25, 0.3) is 21.2 Å². The van der Waals surface area contributed by atoms with Gasteiger partial charge >= 0.3 is 0 Å². The number of azide groups is 1. The predicted octanol–water partition coefficient (Wildman–Crippen LogP) is -11.3. The molecule has 520 valence electrons. The Morgan fingerprint density at radius 2 is 0.620 bits per heavy atom. The molecule has 21 aliphatic heterocycles. The third-order valence-electron chi connectivity index (χ3n) is 17.2. The van der Waals surface area contributed by atoms with Crippen molar-refractivity contribution in [3.63, 3.8) is 0 Å². The van der Waals surface area contributed by atoms with E-state index < -0.39 is 276 Å². The van der Waals surface area contributed by atoms with Crippen molar-refractivity contribution in [1.82, 2.24) is 0 Å². The first kappa shape index (κ1) is 71.4. The molecule has 14 bridgehead atoms. The van der Waals surface area contributed by atoms with Gasteiger partial charge in [-0.25, -0.2) is 0 Å². The summed E-state index contributed by atoms with van der Waals surface area (Å²) in [5, 5.41) is 217. The Balaban J connectivity index is 1.000. The standard InChI is InChI=1S/C52H75N3O36S/c53-55-54-25-38-17(8-56)83-52(45(25)91-92(75,76)24-7-3-5-15-4-1-2-6-16(15)24)90-44-23(14-62)82-51(37(74)31(44)68)89-43-22(13-61)81-50(36(73)30(43)67)88-42-21(12-60)80-49(35(72)29(42)66)87-41-20(11-59)79-48(34(71)28(41)65)86-40-19(10-58)78-47(33(70)27(40)64)85-39-18(9-57)77-46(84-38)32(69)26(39)63/h1-7,17-23,25-52,56-74H,8-14H2/t17-,18-,19-,20-,21-,22-,23-,25-,26-,27-,28-,29-,30-,31-,32-,33-,34-,35-,36-,37-,38-,39-,40-,41-,42-,43-,44-,45+,46-,47-,48-,49-,50-,51-,52-/m1/s1. The zero-order valence-electron chi connectivity index (χ0n) is 47.9. The Morgan fingerprint density at radius 1 is 0.359 bits per heavy atom. The molecular weight excluding hydrogens is 1270 g/mol. The highest BCUT2D eigenvalue weighted by atomic mass is 32.2. The maximum atomic E-state index is 14.6. The first-order valence-electron chi connectivity index (χ1n) is 29.0. The van der Waals surface area contributed by atoms with Crippen molar-refractivity contribution in [2.45, 2.75) is 220 Å². The molecule has 19 N–H and O–H groups in total. The van der Waals surface area contributed by atoms with E-state index in [-0.39, 0.29) is 5.39 Å². The normalized spacial score (nSPS) is 48.3. The summed E-state index contributed by atoms with van der Waals surface area (Å²) >= 11 is 0.